The summed E-state index contributed by atoms with van der Waals surface area (Å²) in [6.45, 7) is 0. The first-order valence-electron chi connectivity index (χ1n) is 10.1. The van der Waals surface area contributed by atoms with E-state index in [1.54, 1.807) is 5.43 Å². The molecule has 38 heavy (non-hydrogen) atoms. The van der Waals surface area contributed by atoms with Crippen molar-refractivity contribution in [1.29, 1.82) is 0 Å². The second-order valence-corrected chi connectivity index (χ2v) is 7.19. The van der Waals surface area contributed by atoms with E-state index in [0.717, 1.165) is 18.2 Å². The maximum atomic E-state index is 13.5. The van der Waals surface area contributed by atoms with Gasteiger partial charge in [-0.3, -0.25) is 25.2 Å². The lowest BCUT2D eigenvalue weighted by Gasteiger charge is -2.13. The summed E-state index contributed by atoms with van der Waals surface area (Å²) in [4.78, 5) is 38.7. The fourth-order valence-electron chi connectivity index (χ4n) is 2.98. The first-order chi connectivity index (χ1) is 17.4. The third-order valence-corrected chi connectivity index (χ3v) is 4.59. The molecule has 3 N–H and O–H groups in total. The number of pyridine rings is 1. The molecule has 1 aromatic heterocycles. The van der Waals surface area contributed by atoms with Crippen LogP contribution in [0, 0.1) is 11.8 Å². The maximum absolute atomic E-state index is 13.5. The molecule has 3 amide bonds. The molecule has 0 aliphatic heterocycles. The number of hydrogen-bond acceptors (Lipinski definition) is 4. The van der Waals surface area contributed by atoms with Crippen LogP contribution in [-0.4, -0.2) is 23.2 Å². The van der Waals surface area contributed by atoms with Crippen molar-refractivity contribution in [2.45, 2.75) is 12.4 Å². The second-order valence-electron chi connectivity index (χ2n) is 7.19. The average Bonchev–Trinajstić information content (AvgIpc) is 2.85. The van der Waals surface area contributed by atoms with Crippen molar-refractivity contribution in [2.75, 3.05) is 5.32 Å². The van der Waals surface area contributed by atoms with Crippen LogP contribution in [0.1, 0.15) is 43.0 Å². The molecule has 2 aromatic carbocycles. The van der Waals surface area contributed by atoms with Crippen LogP contribution >= 0.6 is 12.4 Å². The average molecular weight is 557 g/mol. The third kappa shape index (κ3) is 7.71. The Morgan fingerprint density at radius 2 is 1.55 bits per heavy atom. The first-order valence-corrected chi connectivity index (χ1v) is 10.1. The lowest BCUT2D eigenvalue weighted by Crippen LogP contribution is -2.36. The fourth-order valence-corrected chi connectivity index (χ4v) is 2.98. The van der Waals surface area contributed by atoms with E-state index in [-0.39, 0.29) is 35.8 Å². The largest absolute Gasteiger partial charge is 0.417 e. The summed E-state index contributed by atoms with van der Waals surface area (Å²) in [6, 6.07) is 8.96. The monoisotopic (exact) mass is 556 g/mol. The molecule has 7 nitrogen and oxygen atoms in total. The topological polar surface area (TPSA) is 100 Å². The van der Waals surface area contributed by atoms with Gasteiger partial charge in [0.25, 0.3) is 11.8 Å². The van der Waals surface area contributed by atoms with Gasteiger partial charge in [-0.1, -0.05) is 17.9 Å². The predicted octanol–water partition coefficient (Wildman–Crippen LogP) is 4.58. The molecule has 0 radical (unpaired) electrons. The zero-order chi connectivity index (χ0) is 27.2. The molecule has 14 heteroatoms. The van der Waals surface area contributed by atoms with E-state index >= 15 is 0 Å². The second kappa shape index (κ2) is 12.1. The summed E-state index contributed by atoms with van der Waals surface area (Å²) in [7, 11) is 0. The Labute approximate surface area is 217 Å². The van der Waals surface area contributed by atoms with Crippen molar-refractivity contribution in [3.8, 4) is 11.8 Å². The minimum absolute atomic E-state index is 0. The van der Waals surface area contributed by atoms with E-state index in [1.807, 2.05) is 5.43 Å². The highest BCUT2D eigenvalue weighted by Gasteiger charge is 2.35. The van der Waals surface area contributed by atoms with Crippen molar-refractivity contribution in [1.82, 2.24) is 15.8 Å². The van der Waals surface area contributed by atoms with E-state index in [9.17, 15) is 40.7 Å². The molecule has 0 atom stereocenters. The zero-order valence-corrected chi connectivity index (χ0v) is 19.5. The summed E-state index contributed by atoms with van der Waals surface area (Å²) >= 11 is 0. The lowest BCUT2D eigenvalue weighted by atomic mass is 10.0. The van der Waals surface area contributed by atoms with Crippen molar-refractivity contribution >= 4 is 36.4 Å². The molecule has 0 saturated heterocycles. The number of benzene rings is 2. The Bertz CT molecular complexity index is 1400. The van der Waals surface area contributed by atoms with Crippen LogP contribution in [0.2, 0.25) is 0 Å². The summed E-state index contributed by atoms with van der Waals surface area (Å²) in [5.74, 6) is 2.56. The first kappa shape index (κ1) is 29.7. The normalized spacial score (nSPS) is 10.8. The van der Waals surface area contributed by atoms with E-state index in [4.69, 9.17) is 0 Å². The van der Waals surface area contributed by atoms with Crippen molar-refractivity contribution in [2.24, 2.45) is 0 Å². The van der Waals surface area contributed by atoms with Gasteiger partial charge in [0.1, 0.15) is 5.82 Å². The SMILES string of the molecule is Cl.O=CNNC(=O)c1cc(C#Cc2ccc(C(F)(F)F)c(C(=O)Nc3ccccn3)c2)cc(C(F)(F)F)c1. The van der Waals surface area contributed by atoms with Crippen molar-refractivity contribution in [3.63, 3.8) is 0 Å². The fraction of sp³-hybridized carbons (Fsp3) is 0.0833. The van der Waals surface area contributed by atoms with Gasteiger partial charge in [0.15, 0.2) is 0 Å². The molecular formula is C24H15ClF6N4O3. The number of aromatic nitrogens is 1. The molecule has 0 aliphatic carbocycles. The lowest BCUT2D eigenvalue weighted by molar-refractivity contribution is -0.138. The molecule has 0 saturated carbocycles. The minimum Gasteiger partial charge on any atom is -0.307 e. The van der Waals surface area contributed by atoms with Gasteiger partial charge in [0.2, 0.25) is 6.41 Å². The summed E-state index contributed by atoms with van der Waals surface area (Å²) in [6.07, 6.45) is -8.32. The van der Waals surface area contributed by atoms with Gasteiger partial charge < -0.3 is 5.32 Å². The highest BCUT2D eigenvalue weighted by molar-refractivity contribution is 6.05. The van der Waals surface area contributed by atoms with Crippen molar-refractivity contribution < 1.29 is 40.7 Å². The molecule has 0 fully saturated rings. The number of anilines is 1. The Morgan fingerprint density at radius 1 is 0.842 bits per heavy atom. The molecular weight excluding hydrogens is 542 g/mol. The Hall–Kier alpha value is -4.57. The van der Waals surface area contributed by atoms with Crippen molar-refractivity contribution in [3.05, 3.63) is 94.2 Å². The van der Waals surface area contributed by atoms with Crippen LogP contribution in [-0.2, 0) is 17.1 Å². The Kier molecular flexibility index (Phi) is 9.45. The number of halogens is 7. The van der Waals surface area contributed by atoms with Crippen LogP contribution in [0.3, 0.4) is 0 Å². The quantitative estimate of drug-likeness (QED) is 0.185. The number of carbonyl (C=O) groups is 3. The maximum Gasteiger partial charge on any atom is 0.417 e. The third-order valence-electron chi connectivity index (χ3n) is 4.59. The molecule has 3 rings (SSSR count). The van der Waals surface area contributed by atoms with Gasteiger partial charge in [-0.15, -0.1) is 12.4 Å². The number of nitrogens with zero attached hydrogens (tertiary/aromatic N) is 1. The van der Waals surface area contributed by atoms with Gasteiger partial charge in [-0.25, -0.2) is 4.98 Å². The van der Waals surface area contributed by atoms with E-state index in [1.165, 1.54) is 24.4 Å². The number of hydrazine groups is 1. The van der Waals surface area contributed by atoms with Gasteiger partial charge in [0, 0.05) is 22.9 Å². The van der Waals surface area contributed by atoms with Crippen LogP contribution in [0.15, 0.2) is 60.8 Å². The van der Waals surface area contributed by atoms with Gasteiger partial charge in [0.05, 0.1) is 16.7 Å². The number of rotatable bonds is 5. The highest BCUT2D eigenvalue weighted by Crippen LogP contribution is 2.33. The highest BCUT2D eigenvalue weighted by atomic mass is 35.5. The number of alkyl halides is 6. The summed E-state index contributed by atoms with van der Waals surface area (Å²) < 4.78 is 80.4. The molecule has 0 bridgehead atoms. The van der Waals surface area contributed by atoms with E-state index in [2.05, 4.69) is 22.1 Å². The van der Waals surface area contributed by atoms with Crippen LogP contribution < -0.4 is 16.2 Å². The molecule has 0 unspecified atom stereocenters. The molecule has 0 aliphatic rings. The Balaban J connectivity index is 0.00000507. The summed E-state index contributed by atoms with van der Waals surface area (Å²) in [5, 5.41) is 2.23. The number of carbonyl (C=O) groups excluding carboxylic acids is 3. The van der Waals surface area contributed by atoms with Gasteiger partial charge in [-0.2, -0.15) is 26.3 Å². The smallest absolute Gasteiger partial charge is 0.307 e. The number of nitrogens with one attached hydrogen (secondary N) is 3. The zero-order valence-electron chi connectivity index (χ0n) is 18.7. The number of amides is 3. The van der Waals surface area contributed by atoms with Crippen LogP contribution in [0.4, 0.5) is 32.2 Å². The Morgan fingerprint density at radius 3 is 2.16 bits per heavy atom. The molecule has 1 heterocycles. The molecule has 0 spiro atoms. The van der Waals surface area contributed by atoms with E-state index in [0.29, 0.717) is 18.2 Å². The van der Waals surface area contributed by atoms with Gasteiger partial charge in [-0.05, 0) is 48.5 Å². The standard InChI is InChI=1S/C24H14F6N4O3.ClH/c25-23(26,27)17-10-15(9-16(12-17)21(36)34-32-13-35)5-4-14-6-7-19(24(28,29)30)18(11-14)22(37)33-20-3-1-2-8-31-20;/h1-3,6-13H,(H,32,35)(H,34,36)(H,31,33,37);1H. The predicted molar refractivity (Wildman–Crippen MR) is 125 cm³/mol. The molecule has 3 aromatic rings. The summed E-state index contributed by atoms with van der Waals surface area (Å²) in [5.41, 5.74) is -0.513. The number of hydrogen-bond donors (Lipinski definition) is 3. The molecule has 198 valence electrons. The van der Waals surface area contributed by atoms with Crippen LogP contribution in [0.5, 0.6) is 0 Å². The minimum atomic E-state index is -4.89. The van der Waals surface area contributed by atoms with E-state index < -0.39 is 46.4 Å². The van der Waals surface area contributed by atoms with Crippen LogP contribution in [0.25, 0.3) is 0 Å². The van der Waals surface area contributed by atoms with Gasteiger partial charge >= 0.3 is 12.4 Å².